The summed E-state index contributed by atoms with van der Waals surface area (Å²) in [6, 6.07) is 13.8. The standard InChI is InChI=1S/C25H31ClIN3O5/c1-16-23(13-31)28-29-30(16)12-20(33)15-34-21-7-4-17(5-8-21)25(2,3)18-6-9-24(22(27)10-18)35-14-19(32)11-26/h4-10,19-20,31-33H,11-15H2,1-3H3/t19-,20+/m0/s1. The van der Waals surface area contributed by atoms with Crippen molar-refractivity contribution >= 4 is 34.2 Å². The second-order valence-corrected chi connectivity index (χ2v) is 10.3. The number of ether oxygens (including phenoxy) is 2. The molecule has 0 aliphatic rings. The van der Waals surface area contributed by atoms with Gasteiger partial charge < -0.3 is 24.8 Å². The Balaban J connectivity index is 1.60. The van der Waals surface area contributed by atoms with E-state index in [1.165, 1.54) is 0 Å². The summed E-state index contributed by atoms with van der Waals surface area (Å²) in [4.78, 5) is 0. The topological polar surface area (TPSA) is 110 Å². The van der Waals surface area contributed by atoms with Crippen LogP contribution in [0.2, 0.25) is 0 Å². The molecule has 0 saturated heterocycles. The maximum Gasteiger partial charge on any atom is 0.132 e. The number of halogens is 2. The Kier molecular flexibility index (Phi) is 9.77. The quantitative estimate of drug-likeness (QED) is 0.212. The molecule has 0 bridgehead atoms. The lowest BCUT2D eigenvalue weighted by molar-refractivity contribution is 0.0882. The number of rotatable bonds is 12. The van der Waals surface area contributed by atoms with Crippen LogP contribution in [0.5, 0.6) is 11.5 Å². The van der Waals surface area contributed by atoms with Crippen molar-refractivity contribution in [2.24, 2.45) is 0 Å². The summed E-state index contributed by atoms with van der Waals surface area (Å²) in [7, 11) is 0. The second kappa shape index (κ2) is 12.4. The van der Waals surface area contributed by atoms with E-state index in [0.29, 0.717) is 17.2 Å². The van der Waals surface area contributed by atoms with Gasteiger partial charge >= 0.3 is 0 Å². The zero-order valence-electron chi connectivity index (χ0n) is 20.0. The van der Waals surface area contributed by atoms with Gasteiger partial charge in [-0.1, -0.05) is 37.3 Å². The summed E-state index contributed by atoms with van der Waals surface area (Å²) in [6.07, 6.45) is -1.47. The first-order valence-corrected chi connectivity index (χ1v) is 12.8. The second-order valence-electron chi connectivity index (χ2n) is 8.84. The lowest BCUT2D eigenvalue weighted by Gasteiger charge is -2.27. The fourth-order valence-corrected chi connectivity index (χ4v) is 4.29. The Morgan fingerprint density at radius 1 is 1.03 bits per heavy atom. The van der Waals surface area contributed by atoms with Crippen LogP contribution >= 0.6 is 34.2 Å². The Labute approximate surface area is 224 Å². The number of nitrogens with zero attached hydrogens (tertiary/aromatic N) is 3. The molecule has 3 N–H and O–H groups in total. The summed E-state index contributed by atoms with van der Waals surface area (Å²) >= 11 is 7.87. The van der Waals surface area contributed by atoms with Crippen LogP contribution in [0, 0.1) is 10.5 Å². The first-order valence-electron chi connectivity index (χ1n) is 11.2. The molecule has 190 valence electrons. The number of aliphatic hydroxyl groups excluding tert-OH is 3. The molecule has 35 heavy (non-hydrogen) atoms. The van der Waals surface area contributed by atoms with E-state index in [1.807, 2.05) is 36.4 Å². The smallest absolute Gasteiger partial charge is 0.132 e. The lowest BCUT2D eigenvalue weighted by atomic mass is 9.78. The summed E-state index contributed by atoms with van der Waals surface area (Å²) in [5.41, 5.74) is 3.20. The first kappa shape index (κ1) is 27.7. The molecule has 2 aromatic carbocycles. The zero-order chi connectivity index (χ0) is 25.6. The summed E-state index contributed by atoms with van der Waals surface area (Å²) in [5, 5.41) is 37.0. The molecule has 0 spiro atoms. The highest BCUT2D eigenvalue weighted by molar-refractivity contribution is 14.1. The van der Waals surface area contributed by atoms with Gasteiger partial charge in [-0.3, -0.25) is 0 Å². The third-order valence-corrected chi connectivity index (χ3v) is 7.09. The minimum atomic E-state index is -0.772. The Hall–Kier alpha value is -1.92. The van der Waals surface area contributed by atoms with Crippen molar-refractivity contribution in [1.29, 1.82) is 0 Å². The summed E-state index contributed by atoms with van der Waals surface area (Å²) < 4.78 is 14.0. The van der Waals surface area contributed by atoms with Crippen molar-refractivity contribution in [3.05, 3.63) is 68.5 Å². The predicted molar refractivity (Wildman–Crippen MR) is 142 cm³/mol. The van der Waals surface area contributed by atoms with E-state index in [0.717, 1.165) is 20.4 Å². The third-order valence-electron chi connectivity index (χ3n) is 5.89. The molecule has 8 nitrogen and oxygen atoms in total. The van der Waals surface area contributed by atoms with Gasteiger partial charge in [0.05, 0.1) is 28.3 Å². The van der Waals surface area contributed by atoms with Gasteiger partial charge in [0.1, 0.15) is 42.6 Å². The SMILES string of the molecule is Cc1c(CO)nnn1C[C@@H](O)COc1ccc(C(C)(C)c2ccc(OC[C@@H](O)CCl)c(I)c2)cc1. The van der Waals surface area contributed by atoms with Crippen LogP contribution < -0.4 is 9.47 Å². The molecular weight excluding hydrogens is 585 g/mol. The van der Waals surface area contributed by atoms with E-state index in [2.05, 4.69) is 52.8 Å². The molecule has 1 aromatic heterocycles. The molecule has 0 unspecified atom stereocenters. The van der Waals surface area contributed by atoms with Crippen molar-refractivity contribution in [1.82, 2.24) is 15.0 Å². The molecule has 3 rings (SSSR count). The maximum absolute atomic E-state index is 10.3. The van der Waals surface area contributed by atoms with Gasteiger partial charge in [-0.2, -0.15) is 0 Å². The Morgan fingerprint density at radius 2 is 1.69 bits per heavy atom. The Morgan fingerprint density at radius 3 is 2.29 bits per heavy atom. The van der Waals surface area contributed by atoms with E-state index in [4.69, 9.17) is 21.1 Å². The molecule has 0 aliphatic heterocycles. The molecule has 10 heteroatoms. The van der Waals surface area contributed by atoms with Gasteiger partial charge in [0.15, 0.2) is 0 Å². The number of benzene rings is 2. The molecule has 1 heterocycles. The van der Waals surface area contributed by atoms with Gasteiger partial charge in [0, 0.05) is 5.41 Å². The molecule has 2 atom stereocenters. The number of hydrogen-bond donors (Lipinski definition) is 3. The Bertz CT molecular complexity index is 1110. The maximum atomic E-state index is 10.3. The third kappa shape index (κ3) is 7.07. The minimum absolute atomic E-state index is 0.106. The molecule has 0 radical (unpaired) electrons. The molecule has 0 saturated carbocycles. The molecule has 0 fully saturated rings. The van der Waals surface area contributed by atoms with Crippen molar-refractivity contribution < 1.29 is 24.8 Å². The van der Waals surface area contributed by atoms with Gasteiger partial charge in [0.25, 0.3) is 0 Å². The molecular formula is C25H31ClIN3O5. The van der Waals surface area contributed by atoms with Crippen molar-refractivity contribution in [3.8, 4) is 11.5 Å². The fraction of sp³-hybridized carbons (Fsp3) is 0.440. The van der Waals surface area contributed by atoms with E-state index in [-0.39, 0.29) is 37.7 Å². The lowest BCUT2D eigenvalue weighted by Crippen LogP contribution is -2.25. The normalized spacial score (nSPS) is 13.5. The van der Waals surface area contributed by atoms with Gasteiger partial charge in [0.2, 0.25) is 0 Å². The fourth-order valence-electron chi connectivity index (χ4n) is 3.53. The highest BCUT2D eigenvalue weighted by Gasteiger charge is 2.24. The minimum Gasteiger partial charge on any atom is -0.491 e. The van der Waals surface area contributed by atoms with Crippen LogP contribution in [-0.4, -0.2) is 61.6 Å². The number of alkyl halides is 1. The predicted octanol–water partition coefficient (Wildman–Crippen LogP) is 3.43. The average molecular weight is 616 g/mol. The van der Waals surface area contributed by atoms with Crippen molar-refractivity contribution in [2.45, 2.75) is 51.5 Å². The highest BCUT2D eigenvalue weighted by atomic mass is 127. The van der Waals surface area contributed by atoms with E-state index >= 15 is 0 Å². The van der Waals surface area contributed by atoms with Gasteiger partial charge in [-0.05, 0) is 64.9 Å². The van der Waals surface area contributed by atoms with Gasteiger partial charge in [-0.25, -0.2) is 4.68 Å². The van der Waals surface area contributed by atoms with Crippen LogP contribution in [0.1, 0.15) is 36.4 Å². The highest BCUT2D eigenvalue weighted by Crippen LogP contribution is 2.35. The zero-order valence-corrected chi connectivity index (χ0v) is 22.9. The molecule has 0 amide bonds. The van der Waals surface area contributed by atoms with Crippen LogP contribution in [0.15, 0.2) is 42.5 Å². The van der Waals surface area contributed by atoms with Crippen molar-refractivity contribution in [2.75, 3.05) is 19.1 Å². The van der Waals surface area contributed by atoms with Crippen LogP contribution in [0.25, 0.3) is 0 Å². The summed E-state index contributed by atoms with van der Waals surface area (Å²) in [5.74, 6) is 1.50. The number of aromatic nitrogens is 3. The molecule has 0 aliphatic carbocycles. The van der Waals surface area contributed by atoms with Crippen molar-refractivity contribution in [3.63, 3.8) is 0 Å². The summed E-state index contributed by atoms with van der Waals surface area (Å²) in [6.45, 7) is 6.40. The molecule has 3 aromatic rings. The van der Waals surface area contributed by atoms with Crippen LogP contribution in [0.4, 0.5) is 0 Å². The number of hydrogen-bond acceptors (Lipinski definition) is 7. The monoisotopic (exact) mass is 615 g/mol. The van der Waals surface area contributed by atoms with Gasteiger partial charge in [-0.15, -0.1) is 16.7 Å². The average Bonchev–Trinajstić information content (AvgIpc) is 3.20. The largest absolute Gasteiger partial charge is 0.491 e. The van der Waals surface area contributed by atoms with Crippen LogP contribution in [0.3, 0.4) is 0 Å². The first-order chi connectivity index (χ1) is 16.6. The number of aliphatic hydroxyl groups is 3. The van der Waals surface area contributed by atoms with E-state index in [1.54, 1.807) is 11.6 Å². The van der Waals surface area contributed by atoms with E-state index in [9.17, 15) is 15.3 Å². The van der Waals surface area contributed by atoms with E-state index < -0.39 is 12.2 Å². The van der Waals surface area contributed by atoms with Crippen LogP contribution in [-0.2, 0) is 18.6 Å².